The van der Waals surface area contributed by atoms with Gasteiger partial charge < -0.3 is 9.42 Å². The van der Waals surface area contributed by atoms with E-state index in [1.165, 1.54) is 12.3 Å². The Hall–Kier alpha value is -2.93. The van der Waals surface area contributed by atoms with Crippen molar-refractivity contribution in [1.29, 1.82) is 5.26 Å². The Bertz CT molecular complexity index is 954. The van der Waals surface area contributed by atoms with Gasteiger partial charge in [0.15, 0.2) is 0 Å². The highest BCUT2D eigenvalue weighted by molar-refractivity contribution is 7.89. The summed E-state index contributed by atoms with van der Waals surface area (Å²) in [6.07, 6.45) is 2.55. The van der Waals surface area contributed by atoms with Crippen molar-refractivity contribution in [3.05, 3.63) is 41.4 Å². The second-order valence-corrected chi connectivity index (χ2v) is 8.15. The molecule has 27 heavy (non-hydrogen) atoms. The van der Waals surface area contributed by atoms with Gasteiger partial charge in [0.25, 0.3) is 0 Å². The molecule has 0 aromatic carbocycles. The first-order valence-corrected chi connectivity index (χ1v) is 10.1. The van der Waals surface area contributed by atoms with E-state index in [9.17, 15) is 13.2 Å². The molecule has 0 aliphatic carbocycles. The number of hydrogen-bond donors (Lipinski definition) is 1. The maximum Gasteiger partial charge on any atom is 0.240 e. The van der Waals surface area contributed by atoms with Gasteiger partial charge in [0.2, 0.25) is 15.9 Å². The summed E-state index contributed by atoms with van der Waals surface area (Å²) in [4.78, 5) is 18.6. The van der Waals surface area contributed by atoms with Crippen molar-refractivity contribution >= 4 is 21.7 Å². The molecule has 10 heteroatoms. The van der Waals surface area contributed by atoms with Crippen molar-refractivity contribution in [2.45, 2.75) is 25.5 Å². The maximum absolute atomic E-state index is 12.3. The quantitative estimate of drug-likeness (QED) is 0.805. The van der Waals surface area contributed by atoms with E-state index in [0.29, 0.717) is 37.3 Å². The number of piperidine rings is 1. The van der Waals surface area contributed by atoms with Crippen LogP contribution in [0.4, 0.5) is 5.82 Å². The van der Waals surface area contributed by atoms with E-state index in [2.05, 4.69) is 14.9 Å². The first-order chi connectivity index (χ1) is 12.9. The van der Waals surface area contributed by atoms with Gasteiger partial charge in [-0.1, -0.05) is 5.16 Å². The van der Waals surface area contributed by atoms with E-state index < -0.39 is 21.7 Å². The first-order valence-electron chi connectivity index (χ1n) is 8.44. The summed E-state index contributed by atoms with van der Waals surface area (Å²) in [5.74, 6) is -0.0299. The Morgan fingerprint density at radius 1 is 1.41 bits per heavy atom. The largest absolute Gasteiger partial charge is 0.361 e. The molecule has 0 bridgehead atoms. The number of sulfonamides is 1. The highest BCUT2D eigenvalue weighted by Crippen LogP contribution is 2.22. The predicted octanol–water partition coefficient (Wildman–Crippen LogP) is 1.11. The van der Waals surface area contributed by atoms with Crippen molar-refractivity contribution < 1.29 is 17.7 Å². The molecule has 2 aromatic rings. The van der Waals surface area contributed by atoms with E-state index in [1.807, 2.05) is 11.0 Å². The Labute approximate surface area is 157 Å². The van der Waals surface area contributed by atoms with E-state index in [1.54, 1.807) is 19.1 Å². The Kier molecular flexibility index (Phi) is 5.41. The van der Waals surface area contributed by atoms with Crippen LogP contribution in [0.5, 0.6) is 0 Å². The molecule has 3 heterocycles. The first kappa shape index (κ1) is 18.8. The Balaban J connectivity index is 1.54. The molecular weight excluding hydrogens is 370 g/mol. The second kappa shape index (κ2) is 7.75. The fourth-order valence-electron chi connectivity index (χ4n) is 2.96. The van der Waals surface area contributed by atoms with Gasteiger partial charge in [-0.3, -0.25) is 9.52 Å². The summed E-state index contributed by atoms with van der Waals surface area (Å²) in [6, 6.07) is 7.00. The molecule has 1 fully saturated rings. The summed E-state index contributed by atoms with van der Waals surface area (Å²) >= 11 is 0. The minimum atomic E-state index is -3.82. The number of rotatable bonds is 5. The summed E-state index contributed by atoms with van der Waals surface area (Å²) in [6.45, 7) is 2.83. The van der Waals surface area contributed by atoms with Crippen LogP contribution in [-0.2, 0) is 20.6 Å². The van der Waals surface area contributed by atoms with Crippen molar-refractivity contribution in [2.24, 2.45) is 5.92 Å². The fourth-order valence-corrected chi connectivity index (χ4v) is 4.03. The number of nitrogens with zero attached hydrogens (tertiary/aromatic N) is 4. The maximum atomic E-state index is 12.3. The number of amides is 1. The summed E-state index contributed by atoms with van der Waals surface area (Å²) in [5.41, 5.74) is 0.745. The minimum Gasteiger partial charge on any atom is -0.361 e. The molecule has 1 N–H and O–H groups in total. The third kappa shape index (κ3) is 4.83. The average Bonchev–Trinajstić information content (AvgIpc) is 3.05. The zero-order valence-electron chi connectivity index (χ0n) is 14.8. The van der Waals surface area contributed by atoms with E-state index >= 15 is 0 Å². The van der Waals surface area contributed by atoms with Crippen LogP contribution in [0.2, 0.25) is 0 Å². The topological polar surface area (TPSA) is 129 Å². The van der Waals surface area contributed by atoms with E-state index in [0.717, 1.165) is 5.82 Å². The van der Waals surface area contributed by atoms with Crippen molar-refractivity contribution in [2.75, 3.05) is 18.0 Å². The molecule has 3 rings (SSSR count). The smallest absolute Gasteiger partial charge is 0.240 e. The van der Waals surface area contributed by atoms with Gasteiger partial charge in [-0.05, 0) is 31.9 Å². The predicted molar refractivity (Wildman–Crippen MR) is 95.9 cm³/mol. The number of carbonyl (C=O) groups is 1. The highest BCUT2D eigenvalue weighted by Gasteiger charge is 2.28. The summed E-state index contributed by atoms with van der Waals surface area (Å²) in [7, 11) is -3.82. The average molecular weight is 389 g/mol. The third-order valence-electron chi connectivity index (χ3n) is 4.34. The van der Waals surface area contributed by atoms with Crippen molar-refractivity contribution in [3.8, 4) is 6.07 Å². The second-order valence-electron chi connectivity index (χ2n) is 6.43. The molecule has 0 spiro atoms. The molecule has 0 saturated carbocycles. The zero-order chi connectivity index (χ0) is 19.4. The molecular formula is C17H19N5O4S. The van der Waals surface area contributed by atoms with Gasteiger partial charge in [-0.25, -0.2) is 13.4 Å². The molecule has 9 nitrogen and oxygen atoms in total. The molecule has 1 aliphatic rings. The van der Waals surface area contributed by atoms with Crippen LogP contribution in [0.1, 0.15) is 29.9 Å². The molecule has 1 aliphatic heterocycles. The fraction of sp³-hybridized carbons (Fsp3) is 0.412. The van der Waals surface area contributed by atoms with Crippen molar-refractivity contribution in [1.82, 2.24) is 14.9 Å². The Morgan fingerprint density at radius 2 is 2.15 bits per heavy atom. The SMILES string of the molecule is Cc1cc(CS(=O)(=O)NC(=O)C2CCN(c3ccc(C#N)cn3)CC2)no1. The van der Waals surface area contributed by atoms with Crippen LogP contribution in [-0.4, -0.2) is 37.6 Å². The number of anilines is 1. The molecule has 0 unspecified atom stereocenters. The molecule has 142 valence electrons. The summed E-state index contributed by atoms with van der Waals surface area (Å²) < 4.78 is 31.3. The molecule has 1 saturated heterocycles. The lowest BCUT2D eigenvalue weighted by atomic mass is 9.96. The van der Waals surface area contributed by atoms with E-state index in [-0.39, 0.29) is 11.6 Å². The molecule has 0 atom stereocenters. The van der Waals surface area contributed by atoms with Gasteiger partial charge in [-0.15, -0.1) is 0 Å². The highest BCUT2D eigenvalue weighted by atomic mass is 32.2. The van der Waals surface area contributed by atoms with Crippen LogP contribution >= 0.6 is 0 Å². The number of nitrogens with one attached hydrogen (secondary N) is 1. The van der Waals surface area contributed by atoms with Gasteiger partial charge >= 0.3 is 0 Å². The van der Waals surface area contributed by atoms with Crippen LogP contribution in [0, 0.1) is 24.2 Å². The lowest BCUT2D eigenvalue weighted by molar-refractivity contribution is -0.123. The summed E-state index contributed by atoms with van der Waals surface area (Å²) in [5, 5.41) is 12.5. The lowest BCUT2D eigenvalue weighted by Crippen LogP contribution is -2.42. The number of hydrogen-bond acceptors (Lipinski definition) is 8. The van der Waals surface area contributed by atoms with Gasteiger partial charge in [0, 0.05) is 31.3 Å². The normalized spacial score (nSPS) is 15.3. The molecule has 0 radical (unpaired) electrons. The van der Waals surface area contributed by atoms with Crippen LogP contribution in [0.25, 0.3) is 0 Å². The van der Waals surface area contributed by atoms with Crippen LogP contribution in [0.3, 0.4) is 0 Å². The van der Waals surface area contributed by atoms with Crippen LogP contribution in [0.15, 0.2) is 28.9 Å². The van der Waals surface area contributed by atoms with Crippen LogP contribution < -0.4 is 9.62 Å². The third-order valence-corrected chi connectivity index (χ3v) is 5.53. The number of carbonyl (C=O) groups excluding carboxylic acids is 1. The molecule has 1 amide bonds. The number of aromatic nitrogens is 2. The van der Waals surface area contributed by atoms with E-state index in [4.69, 9.17) is 9.78 Å². The zero-order valence-corrected chi connectivity index (χ0v) is 15.6. The van der Waals surface area contributed by atoms with Crippen molar-refractivity contribution in [3.63, 3.8) is 0 Å². The number of aryl methyl sites for hydroxylation is 1. The standard InChI is InChI=1S/C17H19N5O4S/c1-12-8-15(20-26-12)11-27(24,25)21-17(23)14-4-6-22(7-5-14)16-3-2-13(9-18)10-19-16/h2-3,8,10,14H,4-7,11H2,1H3,(H,21,23). The minimum absolute atomic E-state index is 0.259. The van der Waals surface area contributed by atoms with Gasteiger partial charge in [0.1, 0.15) is 29.1 Å². The monoisotopic (exact) mass is 389 g/mol. The molecule has 2 aromatic heterocycles. The lowest BCUT2D eigenvalue weighted by Gasteiger charge is -2.32. The Morgan fingerprint density at radius 3 is 2.70 bits per heavy atom. The van der Waals surface area contributed by atoms with Gasteiger partial charge in [-0.2, -0.15) is 5.26 Å². The van der Waals surface area contributed by atoms with Gasteiger partial charge in [0.05, 0.1) is 5.56 Å². The number of nitriles is 1. The number of pyridine rings is 1.